The summed E-state index contributed by atoms with van der Waals surface area (Å²) in [7, 11) is 0. The van der Waals surface area contributed by atoms with Crippen LogP contribution in [0, 0.1) is 0 Å². The summed E-state index contributed by atoms with van der Waals surface area (Å²) < 4.78 is 6.21. The van der Waals surface area contributed by atoms with E-state index in [0.717, 1.165) is 11.0 Å². The molecule has 1 fully saturated rings. The number of rotatable bonds is 2. The van der Waals surface area contributed by atoms with Crippen LogP contribution >= 0.6 is 15.9 Å². The summed E-state index contributed by atoms with van der Waals surface area (Å²) in [6.45, 7) is 4.68. The third kappa shape index (κ3) is 2.66. The van der Waals surface area contributed by atoms with Crippen molar-refractivity contribution in [2.45, 2.75) is 31.9 Å². The number of halogens is 1. The molecule has 1 amide bonds. The molecule has 1 aromatic rings. The van der Waals surface area contributed by atoms with Crippen molar-refractivity contribution in [1.29, 1.82) is 0 Å². The van der Waals surface area contributed by atoms with Crippen LogP contribution in [0.15, 0.2) is 22.9 Å². The number of ether oxygens (including phenoxy) is 1. The molecule has 2 atom stereocenters. The largest absolute Gasteiger partial charge is 0.376 e. The molecule has 2 heterocycles. The van der Waals surface area contributed by atoms with Crippen molar-refractivity contribution >= 4 is 21.8 Å². The molecule has 2 unspecified atom stereocenters. The Kier molecular flexibility index (Phi) is 3.49. The maximum absolute atomic E-state index is 12.0. The molecule has 1 saturated heterocycles. The Morgan fingerprint density at radius 1 is 1.65 bits per heavy atom. The predicted octanol–water partition coefficient (Wildman–Crippen LogP) is 2.14. The van der Waals surface area contributed by atoms with Gasteiger partial charge in [-0.2, -0.15) is 0 Å². The second kappa shape index (κ2) is 4.74. The fraction of sp³-hybridized carbons (Fsp3) is 0.500. The minimum Gasteiger partial charge on any atom is -0.376 e. The van der Waals surface area contributed by atoms with Crippen LogP contribution in [0.2, 0.25) is 0 Å². The molecule has 1 aliphatic heterocycles. The summed E-state index contributed by atoms with van der Waals surface area (Å²) in [5.74, 6) is -0.107. The van der Waals surface area contributed by atoms with Gasteiger partial charge in [-0.1, -0.05) is 0 Å². The van der Waals surface area contributed by atoms with Crippen molar-refractivity contribution in [3.8, 4) is 0 Å². The molecule has 0 saturated carbocycles. The van der Waals surface area contributed by atoms with Crippen LogP contribution in [0.3, 0.4) is 0 Å². The minimum absolute atomic E-state index is 0.0369. The second-order valence-electron chi connectivity index (χ2n) is 4.50. The molecule has 17 heavy (non-hydrogen) atoms. The molecule has 0 aromatic carbocycles. The summed E-state index contributed by atoms with van der Waals surface area (Å²) >= 11 is 3.24. The van der Waals surface area contributed by atoms with Gasteiger partial charge in [0.05, 0.1) is 17.2 Å². The third-order valence-corrected chi connectivity index (χ3v) is 3.74. The van der Waals surface area contributed by atoms with Gasteiger partial charge in [-0.3, -0.25) is 4.79 Å². The highest BCUT2D eigenvalue weighted by Crippen LogP contribution is 2.25. The van der Waals surface area contributed by atoms with Gasteiger partial charge in [-0.15, -0.1) is 0 Å². The zero-order valence-corrected chi connectivity index (χ0v) is 11.5. The van der Waals surface area contributed by atoms with Crippen LogP contribution in [0.1, 0.15) is 30.6 Å². The summed E-state index contributed by atoms with van der Waals surface area (Å²) in [4.78, 5) is 16.1. The van der Waals surface area contributed by atoms with Crippen molar-refractivity contribution in [2.75, 3.05) is 6.61 Å². The Balaban J connectivity index is 2.09. The van der Waals surface area contributed by atoms with Crippen LogP contribution in [0.5, 0.6) is 0 Å². The first kappa shape index (κ1) is 12.5. The van der Waals surface area contributed by atoms with Gasteiger partial charge in [0.1, 0.15) is 4.60 Å². The van der Waals surface area contributed by atoms with Gasteiger partial charge in [-0.25, -0.2) is 4.98 Å². The van der Waals surface area contributed by atoms with Crippen molar-refractivity contribution < 1.29 is 9.53 Å². The highest BCUT2D eigenvalue weighted by atomic mass is 79.9. The number of hydrogen-bond acceptors (Lipinski definition) is 3. The van der Waals surface area contributed by atoms with Crippen LogP contribution in [0.25, 0.3) is 0 Å². The van der Waals surface area contributed by atoms with E-state index in [-0.39, 0.29) is 17.6 Å². The number of amides is 1. The Hall–Kier alpha value is -0.940. The van der Waals surface area contributed by atoms with Gasteiger partial charge in [0.2, 0.25) is 0 Å². The van der Waals surface area contributed by atoms with E-state index in [1.165, 1.54) is 0 Å². The second-order valence-corrected chi connectivity index (χ2v) is 5.32. The fourth-order valence-electron chi connectivity index (χ4n) is 1.84. The van der Waals surface area contributed by atoms with Gasteiger partial charge < -0.3 is 10.1 Å². The zero-order chi connectivity index (χ0) is 12.5. The van der Waals surface area contributed by atoms with Gasteiger partial charge in [0.15, 0.2) is 0 Å². The fourth-order valence-corrected chi connectivity index (χ4v) is 2.08. The molecule has 5 heteroatoms. The number of nitrogens with zero attached hydrogens (tertiary/aromatic N) is 1. The van der Waals surface area contributed by atoms with Crippen molar-refractivity contribution in [3.63, 3.8) is 0 Å². The lowest BCUT2D eigenvalue weighted by Crippen LogP contribution is -2.50. The summed E-state index contributed by atoms with van der Waals surface area (Å²) in [5.41, 5.74) is 0.276. The van der Waals surface area contributed by atoms with E-state index in [4.69, 9.17) is 4.74 Å². The van der Waals surface area contributed by atoms with E-state index >= 15 is 0 Å². The van der Waals surface area contributed by atoms with E-state index in [9.17, 15) is 4.79 Å². The Labute approximate surface area is 109 Å². The molecule has 0 spiro atoms. The molecule has 4 nitrogen and oxygen atoms in total. The number of nitrogens with one attached hydrogen (secondary N) is 1. The lowest BCUT2D eigenvalue weighted by Gasteiger charge is -2.28. The molecule has 1 aromatic heterocycles. The highest BCUT2D eigenvalue weighted by molar-refractivity contribution is 9.10. The average Bonchev–Trinajstić information content (AvgIpc) is 2.60. The molecule has 1 aliphatic rings. The smallest absolute Gasteiger partial charge is 0.253 e. The minimum atomic E-state index is -0.288. The summed E-state index contributed by atoms with van der Waals surface area (Å²) in [5, 5.41) is 3.02. The Bertz CT molecular complexity index is 421. The summed E-state index contributed by atoms with van der Waals surface area (Å²) in [6.07, 6.45) is 2.43. The van der Waals surface area contributed by atoms with Crippen molar-refractivity contribution in [3.05, 3.63) is 28.5 Å². The average molecular weight is 299 g/mol. The molecular formula is C12H15BrN2O2. The molecule has 0 aliphatic carbocycles. The lowest BCUT2D eigenvalue weighted by molar-refractivity contribution is 0.0727. The number of carbonyl (C=O) groups excluding carboxylic acids is 1. The van der Waals surface area contributed by atoms with Crippen molar-refractivity contribution in [1.82, 2.24) is 10.3 Å². The third-order valence-electron chi connectivity index (χ3n) is 3.28. The predicted molar refractivity (Wildman–Crippen MR) is 67.8 cm³/mol. The van der Waals surface area contributed by atoms with E-state index in [1.807, 2.05) is 13.8 Å². The standard InChI is InChI=1S/C12H15BrN2O2/c1-8-12(2,5-6-17-8)15-11(16)9-3-4-10(13)14-7-9/h3-4,7-8H,5-6H2,1-2H3,(H,15,16). The molecule has 1 N–H and O–H groups in total. The topological polar surface area (TPSA) is 51.2 Å². The normalized spacial score (nSPS) is 28.1. The van der Waals surface area contributed by atoms with Gasteiger partial charge in [0.25, 0.3) is 5.91 Å². The molecule has 2 rings (SSSR count). The van der Waals surface area contributed by atoms with E-state index in [1.54, 1.807) is 18.3 Å². The molecule has 0 radical (unpaired) electrons. The SMILES string of the molecule is CC1OCCC1(C)NC(=O)c1ccc(Br)nc1. The molecule has 92 valence electrons. The highest BCUT2D eigenvalue weighted by Gasteiger charge is 2.38. The maximum atomic E-state index is 12.0. The van der Waals surface area contributed by atoms with Gasteiger partial charge in [-0.05, 0) is 48.3 Å². The zero-order valence-electron chi connectivity index (χ0n) is 9.87. The van der Waals surface area contributed by atoms with Crippen LogP contribution < -0.4 is 5.32 Å². The van der Waals surface area contributed by atoms with Gasteiger partial charge >= 0.3 is 0 Å². The maximum Gasteiger partial charge on any atom is 0.253 e. The Morgan fingerprint density at radius 2 is 2.41 bits per heavy atom. The van der Waals surface area contributed by atoms with Gasteiger partial charge in [0, 0.05) is 12.8 Å². The monoisotopic (exact) mass is 298 g/mol. The molecular weight excluding hydrogens is 284 g/mol. The quantitative estimate of drug-likeness (QED) is 0.851. The number of hydrogen-bond donors (Lipinski definition) is 1. The first-order chi connectivity index (χ1) is 8.01. The number of pyridine rings is 1. The lowest BCUT2D eigenvalue weighted by atomic mass is 9.94. The van der Waals surface area contributed by atoms with E-state index < -0.39 is 0 Å². The number of aromatic nitrogens is 1. The van der Waals surface area contributed by atoms with Crippen LogP contribution in [-0.2, 0) is 4.74 Å². The van der Waals surface area contributed by atoms with E-state index in [0.29, 0.717) is 12.2 Å². The van der Waals surface area contributed by atoms with E-state index in [2.05, 4.69) is 26.2 Å². The van der Waals surface area contributed by atoms with Crippen LogP contribution in [-0.4, -0.2) is 29.1 Å². The summed E-state index contributed by atoms with van der Waals surface area (Å²) in [6, 6.07) is 3.50. The van der Waals surface area contributed by atoms with Crippen molar-refractivity contribution in [2.24, 2.45) is 0 Å². The first-order valence-corrected chi connectivity index (χ1v) is 6.36. The first-order valence-electron chi connectivity index (χ1n) is 5.57. The van der Waals surface area contributed by atoms with Crippen LogP contribution in [0.4, 0.5) is 0 Å². The molecule has 0 bridgehead atoms. The Morgan fingerprint density at radius 3 is 2.94 bits per heavy atom. The number of carbonyl (C=O) groups is 1.